The van der Waals surface area contributed by atoms with Crippen molar-refractivity contribution in [2.75, 3.05) is 34.1 Å². The average Bonchev–Trinajstić information content (AvgIpc) is 3.59. The summed E-state index contributed by atoms with van der Waals surface area (Å²) >= 11 is 0. The second kappa shape index (κ2) is 10.1. The molecule has 1 aromatic carbocycles. The Hall–Kier alpha value is -2.82. The molecule has 3 heterocycles. The van der Waals surface area contributed by atoms with Gasteiger partial charge in [-0.1, -0.05) is 13.8 Å². The van der Waals surface area contributed by atoms with Crippen molar-refractivity contribution >= 4 is 11.9 Å². The summed E-state index contributed by atoms with van der Waals surface area (Å²) in [6, 6.07) is 3.96. The Labute approximate surface area is 222 Å². The van der Waals surface area contributed by atoms with Crippen LogP contribution in [0.2, 0.25) is 0 Å². The summed E-state index contributed by atoms with van der Waals surface area (Å²) in [4.78, 5) is 28.4. The number of hydrogen-bond acceptors (Lipinski definition) is 10. The van der Waals surface area contributed by atoms with Gasteiger partial charge in [-0.05, 0) is 73.9 Å². The molecule has 1 spiro atoms. The van der Waals surface area contributed by atoms with Crippen molar-refractivity contribution in [3.8, 4) is 11.5 Å². The van der Waals surface area contributed by atoms with Gasteiger partial charge in [0.1, 0.15) is 5.76 Å². The maximum Gasteiger partial charge on any atom is 0.342 e. The van der Waals surface area contributed by atoms with E-state index in [0.29, 0.717) is 23.7 Å². The van der Waals surface area contributed by atoms with Crippen LogP contribution < -0.4 is 9.47 Å². The molecule has 5 atom stereocenters. The SMILES string of the molecule is COC(=O)[C@@H](O)[C@](O)(CCC(C)C)C(=O)O[C@@H]1C(OC)=C[C@]23CCCN2CCc2cc4c(cc2[C@H]13)OCO4. The van der Waals surface area contributed by atoms with Crippen LogP contribution in [0.15, 0.2) is 24.0 Å². The fraction of sp³-hybridized carbons (Fsp3) is 0.643. The third-order valence-corrected chi connectivity index (χ3v) is 8.53. The molecule has 0 bridgehead atoms. The van der Waals surface area contributed by atoms with E-state index in [-0.39, 0.29) is 25.0 Å². The van der Waals surface area contributed by atoms with Gasteiger partial charge in [0.05, 0.1) is 25.7 Å². The molecule has 3 aliphatic heterocycles. The van der Waals surface area contributed by atoms with Crippen LogP contribution in [-0.4, -0.2) is 84.5 Å². The number of hydrogen-bond donors (Lipinski definition) is 2. The highest BCUT2D eigenvalue weighted by Crippen LogP contribution is 2.55. The number of benzene rings is 1. The molecule has 38 heavy (non-hydrogen) atoms. The van der Waals surface area contributed by atoms with Gasteiger partial charge in [0.25, 0.3) is 0 Å². The van der Waals surface area contributed by atoms with E-state index >= 15 is 0 Å². The number of fused-ring (bicyclic) bond motifs is 3. The lowest BCUT2D eigenvalue weighted by Crippen LogP contribution is -2.56. The summed E-state index contributed by atoms with van der Waals surface area (Å²) in [5.74, 6) is -0.634. The van der Waals surface area contributed by atoms with Crippen LogP contribution in [0.1, 0.15) is 56.6 Å². The maximum atomic E-state index is 13.7. The quantitative estimate of drug-likeness (QED) is 0.482. The highest BCUT2D eigenvalue weighted by molar-refractivity contribution is 5.89. The number of nitrogens with zero attached hydrogens (tertiary/aromatic N) is 1. The Morgan fingerprint density at radius 1 is 1.21 bits per heavy atom. The predicted octanol–water partition coefficient (Wildman–Crippen LogP) is 2.05. The van der Waals surface area contributed by atoms with E-state index in [2.05, 4.69) is 9.64 Å². The second-order valence-electron chi connectivity index (χ2n) is 11.1. The first-order valence-corrected chi connectivity index (χ1v) is 13.3. The van der Waals surface area contributed by atoms with Gasteiger partial charge in [-0.25, -0.2) is 9.59 Å². The highest BCUT2D eigenvalue weighted by atomic mass is 16.7. The molecule has 208 valence electrons. The zero-order chi connectivity index (χ0) is 27.2. The molecule has 5 rings (SSSR count). The average molecular weight is 532 g/mol. The molecule has 0 aromatic heterocycles. The van der Waals surface area contributed by atoms with E-state index in [0.717, 1.165) is 50.6 Å². The van der Waals surface area contributed by atoms with Gasteiger partial charge in [0, 0.05) is 6.54 Å². The van der Waals surface area contributed by atoms with Crippen LogP contribution in [-0.2, 0) is 30.2 Å². The van der Waals surface area contributed by atoms with Gasteiger partial charge in [-0.15, -0.1) is 0 Å². The Kier molecular flexibility index (Phi) is 7.08. The summed E-state index contributed by atoms with van der Waals surface area (Å²) in [5.41, 5.74) is -0.890. The van der Waals surface area contributed by atoms with Gasteiger partial charge in [0.2, 0.25) is 6.79 Å². The molecular formula is C28H37NO9. The molecular weight excluding hydrogens is 494 g/mol. The fourth-order valence-corrected chi connectivity index (χ4v) is 6.48. The molecule has 0 unspecified atom stereocenters. The van der Waals surface area contributed by atoms with Gasteiger partial charge in [0.15, 0.2) is 29.3 Å². The van der Waals surface area contributed by atoms with E-state index in [4.69, 9.17) is 18.9 Å². The number of carbonyl (C=O) groups excluding carboxylic acids is 2. The third-order valence-electron chi connectivity index (χ3n) is 8.53. The van der Waals surface area contributed by atoms with Crippen LogP contribution in [0.25, 0.3) is 0 Å². The lowest BCUT2D eigenvalue weighted by molar-refractivity contribution is -0.195. The second-order valence-corrected chi connectivity index (χ2v) is 11.1. The minimum atomic E-state index is -2.48. The highest BCUT2D eigenvalue weighted by Gasteiger charge is 2.59. The molecule has 4 aliphatic rings. The zero-order valence-corrected chi connectivity index (χ0v) is 22.4. The minimum Gasteiger partial charge on any atom is -0.497 e. The number of carbonyl (C=O) groups is 2. The maximum absolute atomic E-state index is 13.7. The first-order chi connectivity index (χ1) is 18.1. The van der Waals surface area contributed by atoms with Crippen molar-refractivity contribution < 1.29 is 43.5 Å². The molecule has 0 amide bonds. The van der Waals surface area contributed by atoms with E-state index < -0.39 is 35.3 Å². The number of ether oxygens (including phenoxy) is 5. The molecule has 10 nitrogen and oxygen atoms in total. The van der Waals surface area contributed by atoms with Gasteiger partial charge in [-0.3, -0.25) is 4.90 Å². The number of methoxy groups -OCH3 is 2. The topological polar surface area (TPSA) is 124 Å². The molecule has 2 N–H and O–H groups in total. The number of aliphatic hydroxyl groups is 2. The van der Waals surface area contributed by atoms with E-state index in [9.17, 15) is 19.8 Å². The Balaban J connectivity index is 1.56. The first-order valence-electron chi connectivity index (χ1n) is 13.3. The van der Waals surface area contributed by atoms with Crippen molar-refractivity contribution in [3.63, 3.8) is 0 Å². The summed E-state index contributed by atoms with van der Waals surface area (Å²) in [6.07, 6.45) is 1.88. The lowest BCUT2D eigenvalue weighted by Gasteiger charge is -2.40. The van der Waals surface area contributed by atoms with E-state index in [1.54, 1.807) is 0 Å². The van der Waals surface area contributed by atoms with Crippen molar-refractivity contribution in [2.45, 2.75) is 75.2 Å². The van der Waals surface area contributed by atoms with Crippen LogP contribution >= 0.6 is 0 Å². The normalized spacial score (nSPS) is 27.9. The summed E-state index contributed by atoms with van der Waals surface area (Å²) in [5, 5.41) is 22.1. The lowest BCUT2D eigenvalue weighted by atomic mass is 9.77. The summed E-state index contributed by atoms with van der Waals surface area (Å²) in [6.45, 7) is 5.70. The Bertz CT molecular complexity index is 1130. The van der Waals surface area contributed by atoms with E-state index in [1.807, 2.05) is 32.1 Å². The molecule has 10 heteroatoms. The van der Waals surface area contributed by atoms with Crippen molar-refractivity contribution in [2.24, 2.45) is 5.92 Å². The third kappa shape index (κ3) is 4.23. The molecule has 1 aliphatic carbocycles. The van der Waals surface area contributed by atoms with Crippen LogP contribution in [0, 0.1) is 5.92 Å². The monoisotopic (exact) mass is 531 g/mol. The van der Waals surface area contributed by atoms with Crippen LogP contribution in [0.3, 0.4) is 0 Å². The number of aliphatic hydroxyl groups excluding tert-OH is 1. The summed E-state index contributed by atoms with van der Waals surface area (Å²) in [7, 11) is 2.62. The van der Waals surface area contributed by atoms with Gasteiger partial charge >= 0.3 is 11.9 Å². The number of esters is 2. The fourth-order valence-electron chi connectivity index (χ4n) is 6.48. The van der Waals surface area contributed by atoms with Gasteiger partial charge in [-0.2, -0.15) is 0 Å². The molecule has 1 aromatic rings. The molecule has 1 fully saturated rings. The Morgan fingerprint density at radius 2 is 1.95 bits per heavy atom. The smallest absolute Gasteiger partial charge is 0.342 e. The molecule has 0 radical (unpaired) electrons. The minimum absolute atomic E-state index is 0.105. The number of rotatable bonds is 8. The van der Waals surface area contributed by atoms with Crippen LogP contribution in [0.5, 0.6) is 11.5 Å². The van der Waals surface area contributed by atoms with Crippen LogP contribution in [0.4, 0.5) is 0 Å². The van der Waals surface area contributed by atoms with Crippen molar-refractivity contribution in [1.29, 1.82) is 0 Å². The van der Waals surface area contributed by atoms with Crippen molar-refractivity contribution in [1.82, 2.24) is 4.90 Å². The zero-order valence-electron chi connectivity index (χ0n) is 22.4. The molecule has 0 saturated carbocycles. The predicted molar refractivity (Wildman–Crippen MR) is 135 cm³/mol. The van der Waals surface area contributed by atoms with Gasteiger partial charge < -0.3 is 33.9 Å². The largest absolute Gasteiger partial charge is 0.497 e. The standard InChI is InChI=1S/C28H37NO9/c1-16(2)6-9-28(33,24(30)25(31)35-4)26(32)38-23-21(34-3)14-27-8-5-10-29(27)11-7-17-12-19-20(37-15-36-19)13-18(17)22(23)27/h12-14,16,22-24,30,33H,5-11,15H2,1-4H3/t22-,23-,24-,27+,28-/m1/s1. The Morgan fingerprint density at radius 3 is 2.63 bits per heavy atom. The summed E-state index contributed by atoms with van der Waals surface area (Å²) < 4.78 is 27.8. The molecule has 1 saturated heterocycles. The van der Waals surface area contributed by atoms with Crippen molar-refractivity contribution in [3.05, 3.63) is 35.1 Å². The first kappa shape index (κ1) is 26.8. The van der Waals surface area contributed by atoms with E-state index in [1.165, 1.54) is 7.11 Å².